The van der Waals surface area contributed by atoms with Crippen molar-refractivity contribution in [3.63, 3.8) is 0 Å². The molecule has 0 unspecified atom stereocenters. The van der Waals surface area contributed by atoms with E-state index in [2.05, 4.69) is 18.6 Å². The van der Waals surface area contributed by atoms with E-state index in [1.807, 2.05) is 0 Å². The van der Waals surface area contributed by atoms with Crippen molar-refractivity contribution in [2.45, 2.75) is 0 Å². The minimum Gasteiger partial charge on any atom is -1.00 e. The molecule has 1 aromatic rings. The van der Waals surface area contributed by atoms with Gasteiger partial charge in [-0.3, -0.25) is 4.58 Å². The number of halogens is 1. The average Bonchev–Trinajstić information content (AvgIpc) is 1.69. The van der Waals surface area contributed by atoms with Crippen LogP contribution in [0.2, 0.25) is 5.22 Å². The van der Waals surface area contributed by atoms with Gasteiger partial charge in [-0.15, -0.1) is 0 Å². The molecule has 0 spiro atoms. The molecule has 0 atom stereocenters. The van der Waals surface area contributed by atoms with Crippen molar-refractivity contribution in [1.82, 2.24) is 0 Å². The van der Waals surface area contributed by atoms with Crippen LogP contribution in [-0.2, 0) is 0 Å². The molecule has 0 saturated carbocycles. The van der Waals surface area contributed by atoms with Crippen LogP contribution in [0.15, 0.2) is 24.9 Å². The smallest absolute Gasteiger partial charge is 1.00 e. The zero-order chi connectivity index (χ0) is 5.11. The molecule has 0 bridgehead atoms. The molecule has 42 valence electrons. The van der Waals surface area contributed by atoms with Crippen LogP contribution in [0.3, 0.4) is 0 Å². The summed E-state index contributed by atoms with van der Waals surface area (Å²) >= 11 is 5.13. The van der Waals surface area contributed by atoms with Crippen LogP contribution >= 0.6 is 11.6 Å². The molecule has 1 aromatic heterocycles. The third kappa shape index (κ3) is 3.01. The van der Waals surface area contributed by atoms with E-state index < -0.39 is 0 Å². The van der Waals surface area contributed by atoms with Gasteiger partial charge in [0.05, 0.1) is 0 Å². The molecule has 1 rings (SSSR count). The van der Waals surface area contributed by atoms with Gasteiger partial charge in [-0.05, 0) is 21.1 Å². The van der Waals surface area contributed by atoms with Gasteiger partial charge < -0.3 is 1.43 Å². The normalized spacial score (nSPS) is 7.62. The van der Waals surface area contributed by atoms with Crippen molar-refractivity contribution in [2.24, 2.45) is 0 Å². The van der Waals surface area contributed by atoms with Crippen LogP contribution in [-0.4, -0.2) is 0 Å². The molecule has 1 heterocycles. The maximum Gasteiger partial charge on any atom is 1.00 e. The van der Waals surface area contributed by atoms with Gasteiger partial charge in [0, 0.05) is 0 Å². The number of hydrogen-bond acceptors (Lipinski definition) is 4. The summed E-state index contributed by atoms with van der Waals surface area (Å²) in [5.41, 5.74) is 0. The predicted octanol–water partition coefficient (Wildman–Crippen LogP) is -1.05. The molecule has 8 heavy (non-hydrogen) atoms. The van der Waals surface area contributed by atoms with Crippen LogP contribution in [0.25, 0.3) is 0 Å². The molecule has 0 fully saturated rings. The van der Waals surface area contributed by atoms with E-state index in [4.69, 9.17) is 11.6 Å². The Bertz CT molecular complexity index is 148. The quantitative estimate of drug-likeness (QED) is 0.363. The van der Waals surface area contributed by atoms with Gasteiger partial charge in [0.25, 0.3) is 5.22 Å². The first-order chi connectivity index (χ1) is 3.39. The van der Waals surface area contributed by atoms with Gasteiger partial charge in [0.15, 0.2) is 0 Å². The maximum atomic E-state index is 5.13. The van der Waals surface area contributed by atoms with Gasteiger partial charge in [-0.25, -0.2) is 4.58 Å². The van der Waals surface area contributed by atoms with E-state index in [1.165, 1.54) is 0 Å². The fraction of sp³-hybridized carbons (Fsp3) is 0. The first-order valence-corrected chi connectivity index (χ1v) is 1.80. The fourth-order valence-corrected chi connectivity index (χ4v) is 0.202. The summed E-state index contributed by atoms with van der Waals surface area (Å²) in [6.07, 6.45) is 1.05. The molecule has 6 heteroatoms. The second-order valence-corrected chi connectivity index (χ2v) is 1.11. The van der Waals surface area contributed by atoms with Crippen molar-refractivity contribution in [3.8, 4) is 0 Å². The molecular weight excluding hydrogens is 163 g/mol. The Morgan fingerprint density at radius 1 is 1.50 bits per heavy atom. The maximum absolute atomic E-state index is 5.13. The zero-order valence-electron chi connectivity index (χ0n) is 5.09. The Labute approximate surface area is 93.1 Å². The van der Waals surface area contributed by atoms with E-state index in [-0.39, 0.29) is 58.0 Å². The topological polar surface area (TPSA) is 52.6 Å². The van der Waals surface area contributed by atoms with Gasteiger partial charge in [0.2, 0.25) is 6.26 Å². The van der Waals surface area contributed by atoms with Crippen LogP contribution in [0.5, 0.6) is 0 Å². The van der Waals surface area contributed by atoms with E-state index in [0.29, 0.717) is 0 Å². The molecule has 0 aliphatic rings. The first kappa shape index (κ1) is 8.87. The van der Waals surface area contributed by atoms with Crippen molar-refractivity contribution in [2.75, 3.05) is 0 Å². The largest absolute Gasteiger partial charge is 1.00 e. The van der Waals surface area contributed by atoms with E-state index in [1.54, 1.807) is 0 Å². The Hall–Kier alpha value is 0.866. The van der Waals surface area contributed by atoms with E-state index in [9.17, 15) is 0 Å². The minimum atomic E-state index is -0.00810. The molecule has 0 N–H and O–H groups in total. The summed E-state index contributed by atoms with van der Waals surface area (Å²) in [7, 11) is 0. The molecule has 0 radical (unpaired) electrons. The monoisotopic (exact) mass is 164 g/mol. The second-order valence-electron chi connectivity index (χ2n) is 0.738. The van der Waals surface area contributed by atoms with Gasteiger partial charge in [0.1, 0.15) is 0 Å². The van der Waals surface area contributed by atoms with Crippen LogP contribution in [0.4, 0.5) is 0 Å². The van der Waals surface area contributed by atoms with Crippen LogP contribution in [0.1, 0.15) is 1.43 Å². The summed E-state index contributed by atoms with van der Waals surface area (Å²) in [6.45, 7) is 0. The molecule has 0 aromatic carbocycles. The van der Waals surface area contributed by atoms with Crippen molar-refractivity contribution < 1.29 is 71.4 Å². The van der Waals surface area contributed by atoms with Crippen LogP contribution in [0, 0.1) is 0 Å². The average molecular weight is 165 g/mol. The second kappa shape index (κ2) is 4.72. The van der Waals surface area contributed by atoms with Gasteiger partial charge in [-0.2, -0.15) is 0 Å². The fourth-order valence-electron chi connectivity index (χ4n) is 0.140. The zero-order valence-corrected chi connectivity index (χ0v) is 7.97. The van der Waals surface area contributed by atoms with E-state index >= 15 is 0 Å². The first-order valence-electron chi connectivity index (χ1n) is 1.42. The molecule has 0 amide bonds. The van der Waals surface area contributed by atoms with Crippen molar-refractivity contribution >= 4 is 11.6 Å². The summed E-state index contributed by atoms with van der Waals surface area (Å²) in [4.78, 5) is 0. The number of rotatable bonds is 0. The molecule has 0 aliphatic heterocycles. The third-order valence-corrected chi connectivity index (χ3v) is 0.474. The summed E-state index contributed by atoms with van der Waals surface area (Å²) in [5.74, 6) is 0. The summed E-state index contributed by atoms with van der Waals surface area (Å²) in [6, 6.07) is 0. The summed E-state index contributed by atoms with van der Waals surface area (Å²) < 4.78 is 15.6. The molecule has 4 nitrogen and oxygen atoms in total. The van der Waals surface area contributed by atoms with Crippen LogP contribution < -0.4 is 51.4 Å². The standard InChI is InChI=1S/C2HClO4.K.H/c3-2-1-4-6-7-5-2;;/h1H;;/q;+1;-1. The van der Waals surface area contributed by atoms with Gasteiger partial charge in [-0.1, -0.05) is 0 Å². The minimum absolute atomic E-state index is 0. The SMILES string of the molecule is Clc1coooo1.[H-].[K+]. The molecule has 0 saturated heterocycles. The van der Waals surface area contributed by atoms with Crippen molar-refractivity contribution in [1.29, 1.82) is 0 Å². The third-order valence-electron chi connectivity index (χ3n) is 0.321. The Morgan fingerprint density at radius 3 is 2.50 bits per heavy atom. The summed E-state index contributed by atoms with van der Waals surface area (Å²) in [5, 5.41) is -0.00810. The van der Waals surface area contributed by atoms with Gasteiger partial charge >= 0.3 is 51.4 Å². The molecular formula is C2H2ClKO4. The molecule has 0 aliphatic carbocycles. The Balaban J connectivity index is 0. The Kier molecular flexibility index (Phi) is 5.23. The number of hydrogen-bond donors (Lipinski definition) is 0. The Morgan fingerprint density at radius 2 is 2.25 bits per heavy atom. The van der Waals surface area contributed by atoms with Crippen molar-refractivity contribution in [3.05, 3.63) is 11.5 Å². The van der Waals surface area contributed by atoms with E-state index in [0.717, 1.165) is 6.26 Å². The predicted molar refractivity (Wildman–Crippen MR) is 19.3 cm³/mol.